The summed E-state index contributed by atoms with van der Waals surface area (Å²) < 4.78 is 10.7. The highest BCUT2D eigenvalue weighted by Gasteiger charge is 2.27. The van der Waals surface area contributed by atoms with Gasteiger partial charge in [-0.25, -0.2) is 4.79 Å². The number of carbonyl (C=O) groups excluding carboxylic acids is 1. The van der Waals surface area contributed by atoms with E-state index in [1.54, 1.807) is 17.4 Å². The predicted octanol–water partition coefficient (Wildman–Crippen LogP) is 4.41. The van der Waals surface area contributed by atoms with Gasteiger partial charge in [0.25, 0.3) is 0 Å². The molecule has 154 valence electrons. The number of ether oxygens (including phenoxy) is 2. The third-order valence-corrected chi connectivity index (χ3v) is 7.28. The fourth-order valence-corrected chi connectivity index (χ4v) is 5.61. The molecular formula is C21H26N4O3S. The van der Waals surface area contributed by atoms with Crippen molar-refractivity contribution in [2.24, 2.45) is 5.92 Å². The number of fused-ring (bicyclic) bond motifs is 1. The quantitative estimate of drug-likeness (QED) is 0.802. The number of piperidine rings is 1. The Balaban J connectivity index is 1.13. The summed E-state index contributed by atoms with van der Waals surface area (Å²) in [5, 5.41) is 14.2. The molecule has 0 spiro atoms. The molecule has 7 nitrogen and oxygen atoms in total. The number of aromatic nitrogens is 2. The van der Waals surface area contributed by atoms with Gasteiger partial charge < -0.3 is 19.7 Å². The van der Waals surface area contributed by atoms with E-state index < -0.39 is 0 Å². The van der Waals surface area contributed by atoms with E-state index in [1.807, 2.05) is 17.0 Å². The van der Waals surface area contributed by atoms with Crippen molar-refractivity contribution in [3.8, 4) is 11.5 Å². The van der Waals surface area contributed by atoms with Gasteiger partial charge in [-0.3, -0.25) is 0 Å². The minimum Gasteiger partial charge on any atom is -0.454 e. The molecule has 3 heterocycles. The highest BCUT2D eigenvalue weighted by Crippen LogP contribution is 2.35. The van der Waals surface area contributed by atoms with Gasteiger partial charge in [0.1, 0.15) is 10.0 Å². The van der Waals surface area contributed by atoms with E-state index in [4.69, 9.17) is 9.47 Å². The van der Waals surface area contributed by atoms with Crippen molar-refractivity contribution in [3.05, 3.63) is 28.2 Å². The van der Waals surface area contributed by atoms with Crippen LogP contribution in [0.2, 0.25) is 0 Å². The third kappa shape index (κ3) is 4.17. The van der Waals surface area contributed by atoms with Gasteiger partial charge >= 0.3 is 6.03 Å². The van der Waals surface area contributed by atoms with E-state index in [0.29, 0.717) is 17.4 Å². The number of amides is 2. The van der Waals surface area contributed by atoms with E-state index in [0.717, 1.165) is 49.0 Å². The Morgan fingerprint density at radius 3 is 2.72 bits per heavy atom. The second-order valence-corrected chi connectivity index (χ2v) is 9.24. The molecule has 1 N–H and O–H groups in total. The number of carbonyl (C=O) groups is 1. The summed E-state index contributed by atoms with van der Waals surface area (Å²) in [6, 6.07) is 5.40. The smallest absolute Gasteiger partial charge is 0.321 e. The molecular weight excluding hydrogens is 388 g/mol. The van der Waals surface area contributed by atoms with Crippen LogP contribution in [0, 0.1) is 5.92 Å². The number of rotatable bonds is 4. The van der Waals surface area contributed by atoms with E-state index >= 15 is 0 Å². The Hall–Kier alpha value is -2.35. The lowest BCUT2D eigenvalue weighted by molar-refractivity contribution is 0.174. The number of nitrogens with zero attached hydrogens (tertiary/aromatic N) is 3. The number of likely N-dealkylation sites (tertiary alicyclic amines) is 1. The number of hydrogen-bond acceptors (Lipinski definition) is 6. The van der Waals surface area contributed by atoms with Crippen molar-refractivity contribution in [1.82, 2.24) is 15.1 Å². The third-order valence-electron chi connectivity index (χ3n) is 6.18. The molecule has 1 aromatic heterocycles. The largest absolute Gasteiger partial charge is 0.454 e. The van der Waals surface area contributed by atoms with E-state index in [2.05, 4.69) is 15.5 Å². The number of nitrogens with one attached hydrogen (secondary N) is 1. The summed E-state index contributed by atoms with van der Waals surface area (Å²) in [5.74, 6) is 2.61. The number of benzene rings is 1. The highest BCUT2D eigenvalue weighted by atomic mass is 32.1. The monoisotopic (exact) mass is 414 g/mol. The zero-order valence-corrected chi connectivity index (χ0v) is 17.2. The Morgan fingerprint density at radius 2 is 1.90 bits per heavy atom. The van der Waals surface area contributed by atoms with Crippen LogP contribution in [0.5, 0.6) is 11.5 Å². The molecule has 1 saturated heterocycles. The average Bonchev–Trinajstić information content (AvgIpc) is 3.50. The van der Waals surface area contributed by atoms with Crippen LogP contribution < -0.4 is 14.8 Å². The van der Waals surface area contributed by atoms with Gasteiger partial charge in [0.15, 0.2) is 11.5 Å². The molecule has 29 heavy (non-hydrogen) atoms. The second kappa shape index (κ2) is 8.18. The zero-order valence-electron chi connectivity index (χ0n) is 16.4. The van der Waals surface area contributed by atoms with Crippen LogP contribution in [-0.2, 0) is 6.42 Å². The van der Waals surface area contributed by atoms with Crippen molar-refractivity contribution in [1.29, 1.82) is 0 Å². The SMILES string of the molecule is O=C(Nc1ccc2c(c1)OCO2)N1CCC(c2nnc(CC3CCCC3)s2)CC1. The van der Waals surface area contributed by atoms with Crippen LogP contribution in [0.3, 0.4) is 0 Å². The second-order valence-electron chi connectivity index (χ2n) is 8.15. The standard InChI is InChI=1S/C21H26N4O3S/c26-21(22-16-5-6-17-18(12-16)28-13-27-17)25-9-7-15(8-10-25)20-24-23-19(29-20)11-14-3-1-2-4-14/h5-6,12,14-15H,1-4,7-11,13H2,(H,22,26). The summed E-state index contributed by atoms with van der Waals surface area (Å²) in [6.45, 7) is 1.70. The first kappa shape index (κ1) is 18.7. The summed E-state index contributed by atoms with van der Waals surface area (Å²) in [5.41, 5.74) is 0.724. The molecule has 5 rings (SSSR count). The summed E-state index contributed by atoms with van der Waals surface area (Å²) in [4.78, 5) is 14.5. The Morgan fingerprint density at radius 1 is 1.10 bits per heavy atom. The van der Waals surface area contributed by atoms with Gasteiger partial charge in [0.05, 0.1) is 0 Å². The molecule has 0 atom stereocenters. The fraction of sp³-hybridized carbons (Fsp3) is 0.571. The van der Waals surface area contributed by atoms with Crippen LogP contribution >= 0.6 is 11.3 Å². The van der Waals surface area contributed by atoms with Gasteiger partial charge in [0, 0.05) is 37.2 Å². The molecule has 0 radical (unpaired) electrons. The minimum absolute atomic E-state index is 0.0681. The maximum Gasteiger partial charge on any atom is 0.321 e. The molecule has 2 fully saturated rings. The van der Waals surface area contributed by atoms with Crippen molar-refractivity contribution in [3.63, 3.8) is 0 Å². The summed E-state index contributed by atoms with van der Waals surface area (Å²) in [6.07, 6.45) is 8.37. The Kier molecular flexibility index (Phi) is 5.26. The summed E-state index contributed by atoms with van der Waals surface area (Å²) in [7, 11) is 0. The number of anilines is 1. The maximum absolute atomic E-state index is 12.6. The molecule has 2 amide bonds. The molecule has 2 aromatic rings. The van der Waals surface area contributed by atoms with E-state index in [-0.39, 0.29) is 12.8 Å². The number of hydrogen-bond donors (Lipinski definition) is 1. The van der Waals surface area contributed by atoms with E-state index in [9.17, 15) is 4.79 Å². The topological polar surface area (TPSA) is 76.6 Å². The van der Waals surface area contributed by atoms with Gasteiger partial charge in [-0.1, -0.05) is 25.7 Å². The molecule has 0 bridgehead atoms. The molecule has 1 aromatic carbocycles. The Labute approximate surface area is 174 Å². The Bertz CT molecular complexity index is 873. The normalized spacial score (nSPS) is 19.7. The molecule has 3 aliphatic rings. The molecule has 1 saturated carbocycles. The van der Waals surface area contributed by atoms with Gasteiger partial charge in [0.2, 0.25) is 6.79 Å². The van der Waals surface area contributed by atoms with Crippen LogP contribution in [0.4, 0.5) is 10.5 Å². The average molecular weight is 415 g/mol. The van der Waals surface area contributed by atoms with Gasteiger partial charge in [-0.15, -0.1) is 21.5 Å². The van der Waals surface area contributed by atoms with Crippen LogP contribution in [0.25, 0.3) is 0 Å². The number of urea groups is 1. The van der Waals surface area contributed by atoms with Crippen LogP contribution in [-0.4, -0.2) is 41.0 Å². The lowest BCUT2D eigenvalue weighted by atomic mass is 9.98. The molecule has 0 unspecified atom stereocenters. The zero-order chi connectivity index (χ0) is 19.6. The van der Waals surface area contributed by atoms with Crippen molar-refractivity contribution < 1.29 is 14.3 Å². The van der Waals surface area contributed by atoms with Crippen molar-refractivity contribution in [2.45, 2.75) is 50.9 Å². The first-order chi connectivity index (χ1) is 14.2. The first-order valence-corrected chi connectivity index (χ1v) is 11.3. The van der Waals surface area contributed by atoms with Gasteiger partial charge in [-0.05, 0) is 30.9 Å². The van der Waals surface area contributed by atoms with Crippen LogP contribution in [0.1, 0.15) is 54.5 Å². The first-order valence-electron chi connectivity index (χ1n) is 10.5. The highest BCUT2D eigenvalue weighted by molar-refractivity contribution is 7.11. The predicted molar refractivity (Wildman–Crippen MR) is 111 cm³/mol. The van der Waals surface area contributed by atoms with Crippen molar-refractivity contribution in [2.75, 3.05) is 25.2 Å². The molecule has 8 heteroatoms. The summed E-state index contributed by atoms with van der Waals surface area (Å²) >= 11 is 1.78. The fourth-order valence-electron chi connectivity index (χ4n) is 4.48. The molecule has 1 aliphatic carbocycles. The lowest BCUT2D eigenvalue weighted by Gasteiger charge is -2.31. The maximum atomic E-state index is 12.6. The van der Waals surface area contributed by atoms with Crippen LogP contribution in [0.15, 0.2) is 18.2 Å². The van der Waals surface area contributed by atoms with Crippen molar-refractivity contribution >= 4 is 23.1 Å². The van der Waals surface area contributed by atoms with E-state index in [1.165, 1.54) is 30.7 Å². The molecule has 2 aliphatic heterocycles. The lowest BCUT2D eigenvalue weighted by Crippen LogP contribution is -2.40. The minimum atomic E-state index is -0.0681. The van der Waals surface area contributed by atoms with Gasteiger partial charge in [-0.2, -0.15) is 0 Å².